The molecule has 1 amide bonds. The summed E-state index contributed by atoms with van der Waals surface area (Å²) in [6, 6.07) is 5.50. The highest BCUT2D eigenvalue weighted by Gasteiger charge is 2.40. The van der Waals surface area contributed by atoms with Crippen LogP contribution in [0.1, 0.15) is 18.4 Å². The minimum absolute atomic E-state index is 0.317. The Kier molecular flexibility index (Phi) is 3.95. The van der Waals surface area contributed by atoms with Crippen LogP contribution in [0.2, 0.25) is 0 Å². The zero-order chi connectivity index (χ0) is 13.9. The number of benzene rings is 1. The van der Waals surface area contributed by atoms with E-state index >= 15 is 0 Å². The molecule has 0 bridgehead atoms. The van der Waals surface area contributed by atoms with Gasteiger partial charge in [-0.05, 0) is 30.5 Å². The lowest BCUT2D eigenvalue weighted by Crippen LogP contribution is -2.45. The van der Waals surface area contributed by atoms with Gasteiger partial charge in [0.05, 0.1) is 19.6 Å². The van der Waals surface area contributed by atoms with E-state index in [9.17, 15) is 4.79 Å². The fraction of sp³-hybridized carbons (Fsp3) is 0.500. The second-order valence-electron chi connectivity index (χ2n) is 4.63. The third-order valence-electron chi connectivity index (χ3n) is 3.75. The number of primary amides is 1. The predicted molar refractivity (Wildman–Crippen MR) is 70.5 cm³/mol. The smallest absolute Gasteiger partial charge is 0.228 e. The van der Waals surface area contributed by atoms with Crippen molar-refractivity contribution in [2.24, 2.45) is 5.73 Å². The van der Waals surface area contributed by atoms with Crippen molar-refractivity contribution in [1.29, 1.82) is 0 Å². The van der Waals surface area contributed by atoms with E-state index in [1.54, 1.807) is 20.3 Å². The summed E-state index contributed by atoms with van der Waals surface area (Å²) in [6.07, 6.45) is 1.19. The van der Waals surface area contributed by atoms with Crippen molar-refractivity contribution in [2.45, 2.75) is 18.3 Å². The van der Waals surface area contributed by atoms with E-state index < -0.39 is 5.41 Å². The van der Waals surface area contributed by atoms with E-state index in [0.29, 0.717) is 37.6 Å². The molecule has 0 spiro atoms. The second kappa shape index (κ2) is 5.48. The van der Waals surface area contributed by atoms with Crippen LogP contribution in [0.25, 0.3) is 0 Å². The monoisotopic (exact) mass is 265 g/mol. The molecule has 1 fully saturated rings. The first-order valence-corrected chi connectivity index (χ1v) is 6.24. The van der Waals surface area contributed by atoms with Crippen LogP contribution in [0.4, 0.5) is 0 Å². The van der Waals surface area contributed by atoms with Gasteiger partial charge >= 0.3 is 0 Å². The second-order valence-corrected chi connectivity index (χ2v) is 4.63. The van der Waals surface area contributed by atoms with Crippen molar-refractivity contribution < 1.29 is 19.0 Å². The molecular formula is C14H19NO4. The summed E-state index contributed by atoms with van der Waals surface area (Å²) in [4.78, 5) is 11.9. The van der Waals surface area contributed by atoms with Gasteiger partial charge in [0.1, 0.15) is 0 Å². The van der Waals surface area contributed by atoms with E-state index in [-0.39, 0.29) is 5.91 Å². The van der Waals surface area contributed by atoms with Crippen LogP contribution in [0.15, 0.2) is 18.2 Å². The summed E-state index contributed by atoms with van der Waals surface area (Å²) in [6.45, 7) is 1.08. The summed E-state index contributed by atoms with van der Waals surface area (Å²) in [5.74, 6) is 0.924. The Balaban J connectivity index is 2.45. The van der Waals surface area contributed by atoms with Crippen molar-refractivity contribution in [3.05, 3.63) is 23.8 Å². The fourth-order valence-electron chi connectivity index (χ4n) is 2.53. The molecule has 19 heavy (non-hydrogen) atoms. The van der Waals surface area contributed by atoms with Gasteiger partial charge < -0.3 is 19.9 Å². The van der Waals surface area contributed by atoms with Gasteiger partial charge in [0.25, 0.3) is 0 Å². The minimum Gasteiger partial charge on any atom is -0.493 e. The van der Waals surface area contributed by atoms with Gasteiger partial charge in [-0.1, -0.05) is 6.07 Å². The molecule has 1 aliphatic rings. The lowest BCUT2D eigenvalue weighted by Gasteiger charge is -2.34. The van der Waals surface area contributed by atoms with Crippen LogP contribution in [0.5, 0.6) is 11.5 Å². The summed E-state index contributed by atoms with van der Waals surface area (Å²) in [5, 5.41) is 0. The summed E-state index contributed by atoms with van der Waals surface area (Å²) < 4.78 is 15.8. The third kappa shape index (κ3) is 2.38. The average Bonchev–Trinajstić information content (AvgIpc) is 2.47. The van der Waals surface area contributed by atoms with Crippen LogP contribution in [0, 0.1) is 0 Å². The highest BCUT2D eigenvalue weighted by molar-refractivity contribution is 5.87. The van der Waals surface area contributed by atoms with Gasteiger partial charge in [-0.3, -0.25) is 4.79 Å². The molecule has 5 nitrogen and oxygen atoms in total. The van der Waals surface area contributed by atoms with E-state index in [1.165, 1.54) is 0 Å². The molecule has 1 aromatic carbocycles. The predicted octanol–water partition coefficient (Wildman–Crippen LogP) is 1.24. The third-order valence-corrected chi connectivity index (χ3v) is 3.75. The quantitative estimate of drug-likeness (QED) is 0.889. The maximum Gasteiger partial charge on any atom is 0.228 e. The van der Waals surface area contributed by atoms with Crippen molar-refractivity contribution in [2.75, 3.05) is 27.4 Å². The molecule has 0 radical (unpaired) electrons. The molecule has 5 heteroatoms. The van der Waals surface area contributed by atoms with Crippen molar-refractivity contribution >= 4 is 5.91 Å². The Labute approximate surface area is 112 Å². The number of hydrogen-bond acceptors (Lipinski definition) is 4. The first-order chi connectivity index (χ1) is 9.14. The van der Waals surface area contributed by atoms with Crippen molar-refractivity contribution in [3.8, 4) is 11.5 Å². The standard InChI is InChI=1S/C14H19NO4/c1-17-11-4-3-10(9-12(11)18-2)14(13(15)16)5-7-19-8-6-14/h3-4,9H,5-8H2,1-2H3,(H2,15,16). The van der Waals surface area contributed by atoms with Gasteiger partial charge in [-0.2, -0.15) is 0 Å². The maximum atomic E-state index is 11.9. The van der Waals surface area contributed by atoms with E-state index in [0.717, 1.165) is 5.56 Å². The molecule has 0 aliphatic carbocycles. The average molecular weight is 265 g/mol. The highest BCUT2D eigenvalue weighted by Crippen LogP contribution is 2.38. The number of nitrogens with two attached hydrogens (primary N) is 1. The molecule has 1 saturated heterocycles. The minimum atomic E-state index is -0.669. The van der Waals surface area contributed by atoms with Gasteiger partial charge in [-0.15, -0.1) is 0 Å². The maximum absolute atomic E-state index is 11.9. The van der Waals surface area contributed by atoms with Gasteiger partial charge in [0, 0.05) is 13.2 Å². The number of amides is 1. The molecule has 1 heterocycles. The summed E-state index contributed by atoms with van der Waals surface area (Å²) >= 11 is 0. The van der Waals surface area contributed by atoms with Gasteiger partial charge in [0.2, 0.25) is 5.91 Å². The van der Waals surface area contributed by atoms with E-state index in [4.69, 9.17) is 19.9 Å². The molecule has 0 saturated carbocycles. The van der Waals surface area contributed by atoms with Crippen molar-refractivity contribution in [1.82, 2.24) is 0 Å². The zero-order valence-corrected chi connectivity index (χ0v) is 11.3. The fourth-order valence-corrected chi connectivity index (χ4v) is 2.53. The molecule has 0 aromatic heterocycles. The SMILES string of the molecule is COc1ccc(C2(C(N)=O)CCOCC2)cc1OC. The van der Waals surface area contributed by atoms with Crippen LogP contribution in [-0.4, -0.2) is 33.3 Å². The molecule has 0 atom stereocenters. The number of ether oxygens (including phenoxy) is 3. The van der Waals surface area contributed by atoms with Crippen LogP contribution in [0.3, 0.4) is 0 Å². The van der Waals surface area contributed by atoms with E-state index in [1.807, 2.05) is 12.1 Å². The number of rotatable bonds is 4. The van der Waals surface area contributed by atoms with Crippen LogP contribution < -0.4 is 15.2 Å². The molecule has 1 aromatic rings. The topological polar surface area (TPSA) is 70.8 Å². The van der Waals surface area contributed by atoms with E-state index in [2.05, 4.69) is 0 Å². The Hall–Kier alpha value is -1.75. The molecule has 2 N–H and O–H groups in total. The van der Waals surface area contributed by atoms with Crippen molar-refractivity contribution in [3.63, 3.8) is 0 Å². The Morgan fingerprint density at radius 1 is 1.21 bits per heavy atom. The number of methoxy groups -OCH3 is 2. The Morgan fingerprint density at radius 2 is 1.84 bits per heavy atom. The number of carbonyl (C=O) groups is 1. The first-order valence-electron chi connectivity index (χ1n) is 6.24. The first kappa shape index (κ1) is 13.7. The van der Waals surface area contributed by atoms with Gasteiger partial charge in [-0.25, -0.2) is 0 Å². The Morgan fingerprint density at radius 3 is 2.37 bits per heavy atom. The number of hydrogen-bond donors (Lipinski definition) is 1. The normalized spacial score (nSPS) is 17.8. The zero-order valence-electron chi connectivity index (χ0n) is 11.3. The lowest BCUT2D eigenvalue weighted by molar-refractivity contribution is -0.127. The molecule has 2 rings (SSSR count). The highest BCUT2D eigenvalue weighted by atomic mass is 16.5. The lowest BCUT2D eigenvalue weighted by atomic mass is 9.73. The Bertz CT molecular complexity index is 467. The summed E-state index contributed by atoms with van der Waals surface area (Å²) in [5.41, 5.74) is 5.82. The van der Waals surface area contributed by atoms with Gasteiger partial charge in [0.15, 0.2) is 11.5 Å². The number of carbonyl (C=O) groups excluding carboxylic acids is 1. The van der Waals surface area contributed by atoms with Crippen LogP contribution in [-0.2, 0) is 14.9 Å². The molecular weight excluding hydrogens is 246 g/mol. The summed E-state index contributed by atoms with van der Waals surface area (Å²) in [7, 11) is 3.15. The molecule has 0 unspecified atom stereocenters. The molecule has 104 valence electrons. The molecule has 1 aliphatic heterocycles. The van der Waals surface area contributed by atoms with Crippen LogP contribution >= 0.6 is 0 Å². The largest absolute Gasteiger partial charge is 0.493 e.